The van der Waals surface area contributed by atoms with E-state index >= 15 is 0 Å². The van der Waals surface area contributed by atoms with E-state index in [4.69, 9.17) is 5.73 Å². The molecule has 2 aromatic carbocycles. The Morgan fingerprint density at radius 2 is 1.47 bits per heavy atom. The predicted molar refractivity (Wildman–Crippen MR) is 78.9 cm³/mol. The highest BCUT2D eigenvalue weighted by Gasteiger charge is 2.35. The number of hydrogen-bond donors (Lipinski definition) is 2. The lowest BCUT2D eigenvalue weighted by Crippen LogP contribution is -2.51. The van der Waals surface area contributed by atoms with Crippen molar-refractivity contribution in [2.75, 3.05) is 6.54 Å². The first-order chi connectivity index (χ1) is 9.31. The molecule has 0 radical (unpaired) electrons. The Labute approximate surface area is 114 Å². The molecular weight excluding hydrogens is 232 g/mol. The Bertz CT molecular complexity index is 523. The van der Waals surface area contributed by atoms with Crippen LogP contribution in [-0.2, 0) is 19.4 Å². The highest BCUT2D eigenvalue weighted by molar-refractivity contribution is 5.36. The molecule has 1 aliphatic rings. The standard InChI is InChI=1S/C17H20N2/c18-13-17(19-12-14-6-2-1-3-7-14)10-15-8-4-5-9-16(15)11-17/h1-9,19H,10-13,18H2. The molecule has 0 aliphatic heterocycles. The molecule has 0 bridgehead atoms. The summed E-state index contributed by atoms with van der Waals surface area (Å²) in [6.45, 7) is 1.56. The second-order valence-corrected chi connectivity index (χ2v) is 5.45. The molecule has 3 N–H and O–H groups in total. The van der Waals surface area contributed by atoms with E-state index in [1.165, 1.54) is 16.7 Å². The average molecular weight is 252 g/mol. The minimum atomic E-state index is 0.0273. The lowest BCUT2D eigenvalue weighted by molar-refractivity contribution is 0.346. The summed E-state index contributed by atoms with van der Waals surface area (Å²) >= 11 is 0. The van der Waals surface area contributed by atoms with Crippen molar-refractivity contribution in [2.24, 2.45) is 5.73 Å². The van der Waals surface area contributed by atoms with Crippen molar-refractivity contribution in [3.63, 3.8) is 0 Å². The number of benzene rings is 2. The molecule has 0 unspecified atom stereocenters. The van der Waals surface area contributed by atoms with Crippen LogP contribution in [0.15, 0.2) is 54.6 Å². The van der Waals surface area contributed by atoms with E-state index in [0.29, 0.717) is 6.54 Å². The van der Waals surface area contributed by atoms with Gasteiger partial charge in [-0.15, -0.1) is 0 Å². The SMILES string of the molecule is NCC1(NCc2ccccc2)Cc2ccccc2C1. The van der Waals surface area contributed by atoms with E-state index in [2.05, 4.69) is 53.8 Å². The van der Waals surface area contributed by atoms with Crippen LogP contribution >= 0.6 is 0 Å². The molecule has 19 heavy (non-hydrogen) atoms. The molecule has 0 aromatic heterocycles. The number of nitrogens with two attached hydrogens (primary N) is 1. The predicted octanol–water partition coefficient (Wildman–Crippen LogP) is 2.27. The lowest BCUT2D eigenvalue weighted by Gasteiger charge is -2.29. The van der Waals surface area contributed by atoms with E-state index in [-0.39, 0.29) is 5.54 Å². The van der Waals surface area contributed by atoms with E-state index in [1.54, 1.807) is 0 Å². The summed E-state index contributed by atoms with van der Waals surface area (Å²) in [6, 6.07) is 19.2. The van der Waals surface area contributed by atoms with Crippen LogP contribution in [0.1, 0.15) is 16.7 Å². The van der Waals surface area contributed by atoms with E-state index < -0.39 is 0 Å². The van der Waals surface area contributed by atoms with Gasteiger partial charge in [-0.1, -0.05) is 54.6 Å². The molecule has 1 aliphatic carbocycles. The van der Waals surface area contributed by atoms with Gasteiger partial charge in [-0.3, -0.25) is 0 Å². The average Bonchev–Trinajstić information content (AvgIpc) is 2.85. The normalized spacial score (nSPS) is 16.3. The third-order valence-electron chi connectivity index (χ3n) is 4.08. The van der Waals surface area contributed by atoms with Gasteiger partial charge < -0.3 is 11.1 Å². The molecule has 0 fully saturated rings. The van der Waals surface area contributed by atoms with Gasteiger partial charge in [0.05, 0.1) is 0 Å². The Kier molecular flexibility index (Phi) is 3.36. The molecule has 0 spiro atoms. The summed E-state index contributed by atoms with van der Waals surface area (Å²) in [5.74, 6) is 0. The van der Waals surface area contributed by atoms with Gasteiger partial charge in [0.25, 0.3) is 0 Å². The molecule has 98 valence electrons. The first kappa shape index (κ1) is 12.4. The third kappa shape index (κ3) is 2.55. The van der Waals surface area contributed by atoms with Crippen LogP contribution in [0.5, 0.6) is 0 Å². The summed E-state index contributed by atoms with van der Waals surface area (Å²) in [5.41, 5.74) is 10.3. The molecular formula is C17H20N2. The summed E-state index contributed by atoms with van der Waals surface area (Å²) in [4.78, 5) is 0. The molecule has 0 saturated carbocycles. The Balaban J connectivity index is 1.73. The number of rotatable bonds is 4. The van der Waals surface area contributed by atoms with Gasteiger partial charge in [-0.25, -0.2) is 0 Å². The van der Waals surface area contributed by atoms with Crippen molar-refractivity contribution in [3.05, 3.63) is 71.3 Å². The van der Waals surface area contributed by atoms with Crippen LogP contribution in [0, 0.1) is 0 Å². The molecule has 0 saturated heterocycles. The number of nitrogens with one attached hydrogen (secondary N) is 1. The first-order valence-corrected chi connectivity index (χ1v) is 6.87. The fourth-order valence-corrected chi connectivity index (χ4v) is 2.92. The second-order valence-electron chi connectivity index (χ2n) is 5.45. The molecule has 0 atom stereocenters. The molecule has 2 aromatic rings. The van der Waals surface area contributed by atoms with E-state index in [9.17, 15) is 0 Å². The van der Waals surface area contributed by atoms with Crippen molar-refractivity contribution in [1.29, 1.82) is 0 Å². The van der Waals surface area contributed by atoms with Crippen LogP contribution in [-0.4, -0.2) is 12.1 Å². The van der Waals surface area contributed by atoms with Gasteiger partial charge in [0.1, 0.15) is 0 Å². The summed E-state index contributed by atoms with van der Waals surface area (Å²) in [7, 11) is 0. The minimum absolute atomic E-state index is 0.0273. The maximum atomic E-state index is 6.05. The molecule has 0 heterocycles. The summed E-state index contributed by atoms with van der Waals surface area (Å²) in [5, 5.41) is 3.68. The summed E-state index contributed by atoms with van der Waals surface area (Å²) < 4.78 is 0. The van der Waals surface area contributed by atoms with Gasteiger partial charge in [-0.2, -0.15) is 0 Å². The Hall–Kier alpha value is -1.64. The monoisotopic (exact) mass is 252 g/mol. The zero-order valence-electron chi connectivity index (χ0n) is 11.1. The quantitative estimate of drug-likeness (QED) is 0.876. The van der Waals surface area contributed by atoms with Gasteiger partial charge in [0, 0.05) is 18.6 Å². The largest absolute Gasteiger partial charge is 0.329 e. The van der Waals surface area contributed by atoms with Crippen LogP contribution in [0.2, 0.25) is 0 Å². The number of hydrogen-bond acceptors (Lipinski definition) is 2. The van der Waals surface area contributed by atoms with Crippen molar-refractivity contribution < 1.29 is 0 Å². The van der Waals surface area contributed by atoms with Crippen molar-refractivity contribution in [2.45, 2.75) is 24.9 Å². The van der Waals surface area contributed by atoms with Gasteiger partial charge in [0.15, 0.2) is 0 Å². The van der Waals surface area contributed by atoms with E-state index in [1.807, 2.05) is 6.07 Å². The number of fused-ring (bicyclic) bond motifs is 1. The molecule has 2 heteroatoms. The zero-order chi connectivity index (χ0) is 13.1. The fraction of sp³-hybridized carbons (Fsp3) is 0.294. The first-order valence-electron chi connectivity index (χ1n) is 6.87. The van der Waals surface area contributed by atoms with Crippen LogP contribution in [0.25, 0.3) is 0 Å². The van der Waals surface area contributed by atoms with Gasteiger partial charge in [-0.05, 0) is 29.5 Å². The smallest absolute Gasteiger partial charge is 0.0388 e. The second kappa shape index (κ2) is 5.16. The zero-order valence-corrected chi connectivity index (χ0v) is 11.1. The lowest BCUT2D eigenvalue weighted by atomic mass is 9.95. The van der Waals surface area contributed by atoms with Crippen molar-refractivity contribution in [3.8, 4) is 0 Å². The third-order valence-corrected chi connectivity index (χ3v) is 4.08. The fourth-order valence-electron chi connectivity index (χ4n) is 2.92. The Morgan fingerprint density at radius 3 is 2.05 bits per heavy atom. The van der Waals surface area contributed by atoms with Crippen molar-refractivity contribution in [1.82, 2.24) is 5.32 Å². The Morgan fingerprint density at radius 1 is 0.895 bits per heavy atom. The van der Waals surface area contributed by atoms with Gasteiger partial charge >= 0.3 is 0 Å². The van der Waals surface area contributed by atoms with E-state index in [0.717, 1.165) is 19.4 Å². The summed E-state index contributed by atoms with van der Waals surface area (Å²) in [6.07, 6.45) is 2.07. The highest BCUT2D eigenvalue weighted by atomic mass is 15.0. The minimum Gasteiger partial charge on any atom is -0.329 e. The van der Waals surface area contributed by atoms with Gasteiger partial charge in [0.2, 0.25) is 0 Å². The van der Waals surface area contributed by atoms with Crippen molar-refractivity contribution >= 4 is 0 Å². The van der Waals surface area contributed by atoms with Crippen LogP contribution in [0.4, 0.5) is 0 Å². The van der Waals surface area contributed by atoms with Crippen LogP contribution < -0.4 is 11.1 Å². The maximum absolute atomic E-state index is 6.05. The molecule has 0 amide bonds. The highest BCUT2D eigenvalue weighted by Crippen LogP contribution is 2.29. The maximum Gasteiger partial charge on any atom is 0.0388 e. The van der Waals surface area contributed by atoms with Crippen LogP contribution in [0.3, 0.4) is 0 Å². The topological polar surface area (TPSA) is 38.0 Å². The molecule has 2 nitrogen and oxygen atoms in total. The molecule has 3 rings (SSSR count).